The second-order valence-electron chi connectivity index (χ2n) is 6.01. The van der Waals surface area contributed by atoms with Crippen LogP contribution in [0.1, 0.15) is 31.8 Å². The van der Waals surface area contributed by atoms with E-state index in [4.69, 9.17) is 0 Å². The van der Waals surface area contributed by atoms with E-state index in [0.29, 0.717) is 11.1 Å². The topological polar surface area (TPSA) is 63.2 Å². The van der Waals surface area contributed by atoms with E-state index in [1.807, 2.05) is 31.2 Å². The zero-order valence-electron chi connectivity index (χ0n) is 13.6. The Kier molecular flexibility index (Phi) is 3.61. The first kappa shape index (κ1) is 15.2. The number of carbonyl (C=O) groups is 2. The molecule has 5 heteroatoms. The van der Waals surface area contributed by atoms with Crippen LogP contribution in [0.25, 0.3) is 11.4 Å². The molecule has 0 radical (unpaired) electrons. The van der Waals surface area contributed by atoms with Gasteiger partial charge in [0.05, 0.1) is 29.1 Å². The van der Waals surface area contributed by atoms with E-state index in [1.165, 1.54) is 4.90 Å². The van der Waals surface area contributed by atoms with Gasteiger partial charge in [-0.05, 0) is 54.4 Å². The van der Waals surface area contributed by atoms with E-state index >= 15 is 0 Å². The van der Waals surface area contributed by atoms with Crippen LogP contribution in [0.5, 0.6) is 0 Å². The number of aryl methyl sites for hydroxylation is 1. The van der Waals surface area contributed by atoms with Crippen LogP contribution in [0, 0.1) is 6.92 Å². The van der Waals surface area contributed by atoms with Gasteiger partial charge < -0.3 is 0 Å². The lowest BCUT2D eigenvalue weighted by Gasteiger charge is -2.14. The van der Waals surface area contributed by atoms with Crippen molar-refractivity contribution in [3.05, 3.63) is 83.2 Å². The molecule has 0 bridgehead atoms. The number of rotatable bonds is 3. The zero-order chi connectivity index (χ0) is 17.4. The van der Waals surface area contributed by atoms with Crippen molar-refractivity contribution in [3.8, 4) is 11.4 Å². The lowest BCUT2D eigenvalue weighted by molar-refractivity contribution is 0.0642. The summed E-state index contributed by atoms with van der Waals surface area (Å²) >= 11 is 0. The molecule has 122 valence electrons. The van der Waals surface area contributed by atoms with Crippen molar-refractivity contribution in [2.75, 3.05) is 0 Å². The number of hydrogen-bond donors (Lipinski definition) is 0. The molecule has 0 aliphatic carbocycles. The van der Waals surface area contributed by atoms with E-state index < -0.39 is 0 Å². The molecule has 0 N–H and O–H groups in total. The van der Waals surface area contributed by atoms with Gasteiger partial charge in [0.25, 0.3) is 11.8 Å². The van der Waals surface area contributed by atoms with Crippen molar-refractivity contribution in [2.45, 2.75) is 13.5 Å². The van der Waals surface area contributed by atoms with Gasteiger partial charge in [-0.1, -0.05) is 12.1 Å². The van der Waals surface area contributed by atoms with Gasteiger partial charge in [0.1, 0.15) is 0 Å². The predicted molar refractivity (Wildman–Crippen MR) is 92.9 cm³/mol. The molecule has 2 aromatic heterocycles. The van der Waals surface area contributed by atoms with Crippen LogP contribution in [0.4, 0.5) is 0 Å². The SMILES string of the molecule is Cc1ccnc(-c2cc(CN3C(=O)c4ccccc4C3=O)ccn2)c1. The summed E-state index contributed by atoms with van der Waals surface area (Å²) < 4.78 is 0. The number of pyridine rings is 2. The molecule has 0 saturated heterocycles. The van der Waals surface area contributed by atoms with E-state index in [2.05, 4.69) is 9.97 Å². The summed E-state index contributed by atoms with van der Waals surface area (Å²) in [6.07, 6.45) is 3.41. The van der Waals surface area contributed by atoms with Gasteiger partial charge in [-0.25, -0.2) is 0 Å². The van der Waals surface area contributed by atoms with Crippen molar-refractivity contribution in [1.82, 2.24) is 14.9 Å². The number of nitrogens with zero attached hydrogens (tertiary/aromatic N) is 3. The van der Waals surface area contributed by atoms with Crippen molar-refractivity contribution >= 4 is 11.8 Å². The van der Waals surface area contributed by atoms with E-state index in [9.17, 15) is 9.59 Å². The number of fused-ring (bicyclic) bond motifs is 1. The Bertz CT molecular complexity index is 962. The highest BCUT2D eigenvalue weighted by Gasteiger charge is 2.34. The highest BCUT2D eigenvalue weighted by Crippen LogP contribution is 2.25. The van der Waals surface area contributed by atoms with Gasteiger partial charge in [-0.15, -0.1) is 0 Å². The summed E-state index contributed by atoms with van der Waals surface area (Å²) in [4.78, 5) is 34.9. The van der Waals surface area contributed by atoms with Crippen LogP contribution in [-0.2, 0) is 6.54 Å². The molecular formula is C20H15N3O2. The molecular weight excluding hydrogens is 314 g/mol. The smallest absolute Gasteiger partial charge is 0.261 e. The number of aromatic nitrogens is 2. The fourth-order valence-corrected chi connectivity index (χ4v) is 2.95. The molecule has 0 unspecified atom stereocenters. The van der Waals surface area contributed by atoms with Crippen LogP contribution in [0.15, 0.2) is 60.9 Å². The maximum atomic E-state index is 12.5. The van der Waals surface area contributed by atoms with Crippen molar-refractivity contribution < 1.29 is 9.59 Å². The molecule has 2 amide bonds. The normalized spacial score (nSPS) is 13.2. The molecule has 25 heavy (non-hydrogen) atoms. The molecule has 3 heterocycles. The molecule has 1 aliphatic heterocycles. The first-order valence-electron chi connectivity index (χ1n) is 7.96. The Labute approximate surface area is 145 Å². The van der Waals surface area contributed by atoms with Gasteiger partial charge in [0.2, 0.25) is 0 Å². The van der Waals surface area contributed by atoms with Crippen LogP contribution in [-0.4, -0.2) is 26.7 Å². The average Bonchev–Trinajstić information content (AvgIpc) is 2.87. The summed E-state index contributed by atoms with van der Waals surface area (Å²) in [6, 6.07) is 14.5. The highest BCUT2D eigenvalue weighted by atomic mass is 16.2. The average molecular weight is 329 g/mol. The monoisotopic (exact) mass is 329 g/mol. The molecule has 0 spiro atoms. The molecule has 1 aliphatic rings. The van der Waals surface area contributed by atoms with Crippen molar-refractivity contribution in [3.63, 3.8) is 0 Å². The third-order valence-electron chi connectivity index (χ3n) is 4.22. The fraction of sp³-hybridized carbons (Fsp3) is 0.100. The van der Waals surface area contributed by atoms with Crippen molar-refractivity contribution in [1.29, 1.82) is 0 Å². The first-order valence-corrected chi connectivity index (χ1v) is 7.96. The zero-order valence-corrected chi connectivity index (χ0v) is 13.6. The van der Waals surface area contributed by atoms with E-state index in [1.54, 1.807) is 36.7 Å². The third kappa shape index (κ3) is 2.70. The summed E-state index contributed by atoms with van der Waals surface area (Å²) in [7, 11) is 0. The maximum Gasteiger partial charge on any atom is 0.261 e. The fourth-order valence-electron chi connectivity index (χ4n) is 2.95. The summed E-state index contributed by atoms with van der Waals surface area (Å²) in [5.74, 6) is -0.514. The second kappa shape index (κ2) is 5.94. The van der Waals surface area contributed by atoms with Crippen molar-refractivity contribution in [2.24, 2.45) is 0 Å². The minimum atomic E-state index is -0.257. The summed E-state index contributed by atoms with van der Waals surface area (Å²) in [5, 5.41) is 0. The van der Waals surface area contributed by atoms with Crippen LogP contribution in [0.3, 0.4) is 0 Å². The number of carbonyl (C=O) groups excluding carboxylic acids is 2. The van der Waals surface area contributed by atoms with Gasteiger partial charge >= 0.3 is 0 Å². The molecule has 1 aromatic carbocycles. The second-order valence-corrected chi connectivity index (χ2v) is 6.01. The lowest BCUT2D eigenvalue weighted by Crippen LogP contribution is -2.29. The minimum absolute atomic E-state index is 0.216. The predicted octanol–water partition coefficient (Wildman–Crippen LogP) is 3.25. The Morgan fingerprint density at radius 2 is 1.44 bits per heavy atom. The summed E-state index contributed by atoms with van der Waals surface area (Å²) in [6.45, 7) is 2.21. The van der Waals surface area contributed by atoms with Crippen LogP contribution >= 0.6 is 0 Å². The van der Waals surface area contributed by atoms with Crippen LogP contribution in [0.2, 0.25) is 0 Å². The first-order chi connectivity index (χ1) is 12.1. The number of hydrogen-bond acceptors (Lipinski definition) is 4. The van der Waals surface area contributed by atoms with Gasteiger partial charge in [-0.2, -0.15) is 0 Å². The standard InChI is InChI=1S/C20H15N3O2/c1-13-6-8-21-17(10-13)18-11-14(7-9-22-18)12-23-19(24)15-4-2-3-5-16(15)20(23)25/h2-11H,12H2,1H3. The summed E-state index contributed by atoms with van der Waals surface area (Å²) in [5.41, 5.74) is 4.34. The number of benzene rings is 1. The minimum Gasteiger partial charge on any atom is -0.270 e. The molecule has 0 atom stereocenters. The lowest BCUT2D eigenvalue weighted by atomic mass is 10.1. The van der Waals surface area contributed by atoms with E-state index in [-0.39, 0.29) is 18.4 Å². The highest BCUT2D eigenvalue weighted by molar-refractivity contribution is 6.21. The Balaban J connectivity index is 1.63. The molecule has 0 saturated carbocycles. The Morgan fingerprint density at radius 3 is 2.08 bits per heavy atom. The number of amides is 2. The molecule has 3 aromatic rings. The van der Waals surface area contributed by atoms with Crippen LogP contribution < -0.4 is 0 Å². The van der Waals surface area contributed by atoms with Gasteiger partial charge in [0, 0.05) is 12.4 Å². The molecule has 4 rings (SSSR count). The number of imide groups is 1. The molecule has 5 nitrogen and oxygen atoms in total. The van der Waals surface area contributed by atoms with Gasteiger partial charge in [-0.3, -0.25) is 24.5 Å². The largest absolute Gasteiger partial charge is 0.270 e. The maximum absolute atomic E-state index is 12.5. The molecule has 0 fully saturated rings. The van der Waals surface area contributed by atoms with E-state index in [0.717, 1.165) is 22.5 Å². The Hall–Kier alpha value is -3.34. The third-order valence-corrected chi connectivity index (χ3v) is 4.22. The quantitative estimate of drug-likeness (QED) is 0.692. The Morgan fingerprint density at radius 1 is 0.840 bits per heavy atom. The van der Waals surface area contributed by atoms with Gasteiger partial charge in [0.15, 0.2) is 0 Å².